The Morgan fingerprint density at radius 1 is 0.384 bits per heavy atom. The number of nitrogens with two attached hydrogens (primary N) is 3. The lowest BCUT2D eigenvalue weighted by Gasteiger charge is -2.22. The number of carbonyl (C=O) groups is 6. The number of benzene rings is 3. The SMILES string of the molecule is NCCCC[C@H](NC(=O)Cc1ccsc1)C(=O)Nc1ccc(C(c2ccc(NC(=O)[C@H](CCCCN)NC(=O)Cc3ccsc3)cc2)c2ccc(NC(=O)[C@H](CCCCN)NC(=O)Cc3ccsc3)cc2)cc1. The van der Waals surface area contributed by atoms with Gasteiger partial charge in [0.25, 0.3) is 0 Å². The molecule has 0 spiro atoms. The second-order valence-corrected chi connectivity index (χ2v) is 20.2. The van der Waals surface area contributed by atoms with Crippen molar-refractivity contribution in [3.05, 3.63) is 157 Å². The van der Waals surface area contributed by atoms with E-state index in [9.17, 15) is 28.8 Å². The highest BCUT2D eigenvalue weighted by molar-refractivity contribution is 7.08. The number of nitrogens with one attached hydrogen (secondary N) is 6. The van der Waals surface area contributed by atoms with Crippen LogP contribution in [0.3, 0.4) is 0 Å². The van der Waals surface area contributed by atoms with Gasteiger partial charge in [0.15, 0.2) is 0 Å². The topological polar surface area (TPSA) is 253 Å². The number of unbranched alkanes of at least 4 members (excludes halogenated alkanes) is 3. The van der Waals surface area contributed by atoms with Gasteiger partial charge >= 0.3 is 0 Å². The normalized spacial score (nSPS) is 12.3. The van der Waals surface area contributed by atoms with E-state index in [1.54, 1.807) is 0 Å². The van der Waals surface area contributed by atoms with Crippen molar-refractivity contribution in [1.82, 2.24) is 16.0 Å². The van der Waals surface area contributed by atoms with Crippen molar-refractivity contribution in [2.75, 3.05) is 35.6 Å². The molecule has 386 valence electrons. The Balaban J connectivity index is 1.21. The zero-order valence-corrected chi connectivity index (χ0v) is 43.4. The first-order valence-electron chi connectivity index (χ1n) is 24.8. The number of carbonyl (C=O) groups excluding carboxylic acids is 6. The minimum Gasteiger partial charge on any atom is -0.344 e. The Morgan fingerprint density at radius 3 is 0.890 bits per heavy atom. The van der Waals surface area contributed by atoms with Crippen LogP contribution in [0.15, 0.2) is 123 Å². The van der Waals surface area contributed by atoms with Gasteiger partial charge in [-0.1, -0.05) is 36.4 Å². The maximum absolute atomic E-state index is 13.7. The minimum absolute atomic E-state index is 0.176. The fourth-order valence-electron chi connectivity index (χ4n) is 8.30. The van der Waals surface area contributed by atoms with Gasteiger partial charge in [0, 0.05) is 23.0 Å². The van der Waals surface area contributed by atoms with Gasteiger partial charge in [0.2, 0.25) is 35.4 Å². The largest absolute Gasteiger partial charge is 0.344 e. The van der Waals surface area contributed by atoms with Crippen LogP contribution in [0.25, 0.3) is 0 Å². The van der Waals surface area contributed by atoms with Crippen molar-refractivity contribution >= 4 is 86.5 Å². The quantitative estimate of drug-likeness (QED) is 0.0160. The molecule has 0 aliphatic carbocycles. The van der Waals surface area contributed by atoms with Crippen LogP contribution in [0.4, 0.5) is 17.1 Å². The summed E-state index contributed by atoms with van der Waals surface area (Å²) in [6, 6.07) is 25.9. The van der Waals surface area contributed by atoms with Crippen molar-refractivity contribution in [1.29, 1.82) is 0 Å². The molecule has 73 heavy (non-hydrogen) atoms. The molecule has 0 fully saturated rings. The van der Waals surface area contributed by atoms with E-state index >= 15 is 0 Å². The minimum atomic E-state index is -0.754. The van der Waals surface area contributed by atoms with E-state index in [4.69, 9.17) is 17.2 Å². The Morgan fingerprint density at radius 2 is 0.658 bits per heavy atom. The molecule has 6 rings (SSSR count). The fourth-order valence-corrected chi connectivity index (χ4v) is 10.3. The number of amides is 6. The first-order valence-corrected chi connectivity index (χ1v) is 27.6. The summed E-state index contributed by atoms with van der Waals surface area (Å²) in [7, 11) is 0. The molecule has 6 amide bonds. The number of rotatable bonds is 30. The van der Waals surface area contributed by atoms with E-state index < -0.39 is 18.1 Å². The molecule has 12 N–H and O–H groups in total. The average molecular weight is 1050 g/mol. The molecule has 6 aromatic rings. The van der Waals surface area contributed by atoms with E-state index in [1.165, 1.54) is 34.0 Å². The van der Waals surface area contributed by atoms with Gasteiger partial charge < -0.3 is 49.1 Å². The van der Waals surface area contributed by atoms with Crippen LogP contribution < -0.4 is 49.1 Å². The van der Waals surface area contributed by atoms with Crippen LogP contribution in [0, 0.1) is 0 Å². The van der Waals surface area contributed by atoms with E-state index in [0.717, 1.165) is 52.6 Å². The highest BCUT2D eigenvalue weighted by Gasteiger charge is 2.25. The summed E-state index contributed by atoms with van der Waals surface area (Å²) in [5, 5.41) is 29.2. The maximum Gasteiger partial charge on any atom is 0.246 e. The number of thiophene rings is 3. The van der Waals surface area contributed by atoms with E-state index in [-0.39, 0.29) is 60.6 Å². The van der Waals surface area contributed by atoms with E-state index in [0.29, 0.717) is 75.2 Å². The van der Waals surface area contributed by atoms with E-state index in [2.05, 4.69) is 31.9 Å². The molecule has 18 heteroatoms. The number of hydrogen-bond donors (Lipinski definition) is 9. The lowest BCUT2D eigenvalue weighted by Crippen LogP contribution is -2.44. The lowest BCUT2D eigenvalue weighted by atomic mass is 9.85. The third-order valence-electron chi connectivity index (χ3n) is 12.2. The average Bonchev–Trinajstić information content (AvgIpc) is 4.21. The predicted molar refractivity (Wildman–Crippen MR) is 295 cm³/mol. The first kappa shape index (κ1) is 55.8. The van der Waals surface area contributed by atoms with Gasteiger partial charge in [-0.25, -0.2) is 0 Å². The molecule has 0 unspecified atom stereocenters. The zero-order valence-electron chi connectivity index (χ0n) is 40.9. The highest BCUT2D eigenvalue weighted by Crippen LogP contribution is 2.34. The zero-order chi connectivity index (χ0) is 51.8. The van der Waals surface area contributed by atoms with Crippen molar-refractivity contribution in [3.63, 3.8) is 0 Å². The van der Waals surface area contributed by atoms with E-state index in [1.807, 2.05) is 123 Å². The Hall–Kier alpha value is -6.54. The third kappa shape index (κ3) is 18.5. The van der Waals surface area contributed by atoms with Gasteiger partial charge in [-0.3, -0.25) is 28.8 Å². The predicted octanol–water partition coefficient (Wildman–Crippen LogP) is 7.44. The summed E-state index contributed by atoms with van der Waals surface area (Å²) in [5.74, 6) is -2.05. The van der Waals surface area contributed by atoms with Crippen LogP contribution in [-0.2, 0) is 48.0 Å². The molecule has 0 saturated heterocycles. The second kappa shape index (κ2) is 29.8. The van der Waals surface area contributed by atoms with Crippen LogP contribution in [-0.4, -0.2) is 73.2 Å². The van der Waals surface area contributed by atoms with Crippen LogP contribution in [0.5, 0.6) is 0 Å². The monoisotopic (exact) mass is 1050 g/mol. The standard InChI is InChI=1S/C55H67N9O6S3/c56-25-4-1-7-46(62-49(65)31-37-22-28-71-34-37)53(68)59-43-16-10-40(11-17-43)52(41-12-18-44(19-13-41)60-54(69)47(8-2-5-26-57)63-50(66)32-38-23-29-72-35-38)42-14-20-45(21-15-42)61-55(70)48(9-3-6-27-58)64-51(67)33-39-24-30-73-36-39/h10-24,28-30,34-36,46-48,52H,1-9,25-27,31-33,56-58H2,(H,59,68)(H,60,69)(H,61,70)(H,62,65)(H,63,66)(H,64,67)/t46-,47-,48-/m0/s1. The molecular weight excluding hydrogens is 979 g/mol. The Bertz CT molecular complexity index is 2340. The number of anilines is 3. The van der Waals surface area contributed by atoms with Crippen molar-refractivity contribution < 1.29 is 28.8 Å². The molecule has 0 saturated carbocycles. The van der Waals surface area contributed by atoms with Gasteiger partial charge in [-0.2, -0.15) is 34.0 Å². The number of hydrogen-bond acceptors (Lipinski definition) is 12. The first-order chi connectivity index (χ1) is 35.5. The lowest BCUT2D eigenvalue weighted by molar-refractivity contribution is -0.126. The molecule has 3 aromatic heterocycles. The Labute approximate surface area is 439 Å². The highest BCUT2D eigenvalue weighted by atomic mass is 32.1. The Kier molecular flexibility index (Phi) is 22.8. The molecule has 15 nitrogen and oxygen atoms in total. The molecule has 3 atom stereocenters. The molecule has 3 aromatic carbocycles. The molecular formula is C55H67N9O6S3. The van der Waals surface area contributed by atoms with Crippen LogP contribution >= 0.6 is 34.0 Å². The van der Waals surface area contributed by atoms with Crippen LogP contribution in [0.1, 0.15) is 97.1 Å². The van der Waals surface area contributed by atoms with Gasteiger partial charge in [-0.15, -0.1) is 0 Å². The van der Waals surface area contributed by atoms with Gasteiger partial charge in [0.1, 0.15) is 18.1 Å². The summed E-state index contributed by atoms with van der Waals surface area (Å²) in [5.41, 5.74) is 24.2. The molecule has 3 heterocycles. The summed E-state index contributed by atoms with van der Waals surface area (Å²) < 4.78 is 0. The second-order valence-electron chi connectivity index (χ2n) is 17.9. The smallest absolute Gasteiger partial charge is 0.246 e. The van der Waals surface area contributed by atoms with Crippen molar-refractivity contribution in [3.8, 4) is 0 Å². The van der Waals surface area contributed by atoms with Crippen LogP contribution in [0.2, 0.25) is 0 Å². The third-order valence-corrected chi connectivity index (χ3v) is 14.4. The van der Waals surface area contributed by atoms with Crippen molar-refractivity contribution in [2.24, 2.45) is 17.2 Å². The molecule has 0 aliphatic heterocycles. The summed E-state index contributed by atoms with van der Waals surface area (Å²) in [6.07, 6.45) is 5.99. The van der Waals surface area contributed by atoms with Gasteiger partial charge in [-0.05, 0) is 198 Å². The van der Waals surface area contributed by atoms with Gasteiger partial charge in [0.05, 0.1) is 19.3 Å². The molecule has 0 bridgehead atoms. The summed E-state index contributed by atoms with van der Waals surface area (Å²) >= 11 is 4.53. The van der Waals surface area contributed by atoms with Crippen molar-refractivity contribution in [2.45, 2.75) is 101 Å². The summed E-state index contributed by atoms with van der Waals surface area (Å²) in [6.45, 7) is 1.44. The molecule has 0 radical (unpaired) electrons. The summed E-state index contributed by atoms with van der Waals surface area (Å²) in [4.78, 5) is 80.1. The molecule has 0 aliphatic rings. The fraction of sp³-hybridized carbons (Fsp3) is 0.345. The maximum atomic E-state index is 13.7.